The van der Waals surface area contributed by atoms with Gasteiger partial charge in [-0.2, -0.15) is 0 Å². The standard InChI is InChI=1S/C15H24O.C6H6O/c1-3-4-16-10(2)15-13-6-11-5-12(8-13)9-14(15)7-11;7-6-4-2-1-3-5-6/h11-14H,3-9H2,1-2H3;1-5,7H. The number of rotatable bonds is 3. The Morgan fingerprint density at radius 1 is 1.00 bits per heavy atom. The van der Waals surface area contributed by atoms with Gasteiger partial charge in [0.25, 0.3) is 0 Å². The molecule has 4 aliphatic rings. The first-order valence-electron chi connectivity index (χ1n) is 9.24. The molecule has 2 nitrogen and oxygen atoms in total. The van der Waals surface area contributed by atoms with Crippen molar-refractivity contribution in [2.45, 2.75) is 52.4 Å². The van der Waals surface area contributed by atoms with E-state index in [2.05, 4.69) is 13.8 Å². The van der Waals surface area contributed by atoms with Crippen LogP contribution in [0, 0.1) is 23.7 Å². The van der Waals surface area contributed by atoms with Gasteiger partial charge in [-0.1, -0.05) is 25.1 Å². The summed E-state index contributed by atoms with van der Waals surface area (Å²) in [6, 6.07) is 8.71. The summed E-state index contributed by atoms with van der Waals surface area (Å²) in [5, 5.41) is 8.63. The van der Waals surface area contributed by atoms with Gasteiger partial charge < -0.3 is 9.84 Å². The van der Waals surface area contributed by atoms with Crippen LogP contribution in [0.2, 0.25) is 0 Å². The highest BCUT2D eigenvalue weighted by Crippen LogP contribution is 2.57. The molecule has 0 saturated heterocycles. The number of allylic oxidation sites excluding steroid dienone is 2. The molecule has 0 aliphatic heterocycles. The van der Waals surface area contributed by atoms with Crippen molar-refractivity contribution in [2.24, 2.45) is 23.7 Å². The minimum absolute atomic E-state index is 0.322. The van der Waals surface area contributed by atoms with E-state index >= 15 is 0 Å². The van der Waals surface area contributed by atoms with Crippen LogP contribution < -0.4 is 0 Å². The average Bonchev–Trinajstić information content (AvgIpc) is 2.53. The highest BCUT2D eigenvalue weighted by atomic mass is 16.5. The van der Waals surface area contributed by atoms with Gasteiger partial charge in [-0.15, -0.1) is 0 Å². The molecule has 4 bridgehead atoms. The van der Waals surface area contributed by atoms with E-state index in [1.807, 2.05) is 6.07 Å². The number of para-hydroxylation sites is 1. The lowest BCUT2D eigenvalue weighted by molar-refractivity contribution is 0.0596. The lowest BCUT2D eigenvalue weighted by Gasteiger charge is -2.51. The van der Waals surface area contributed by atoms with Gasteiger partial charge in [-0.3, -0.25) is 0 Å². The molecule has 0 atom stereocenters. The zero-order valence-electron chi connectivity index (χ0n) is 14.5. The Kier molecular flexibility index (Phi) is 5.30. The van der Waals surface area contributed by atoms with Gasteiger partial charge in [0, 0.05) is 0 Å². The monoisotopic (exact) mass is 314 g/mol. The Hall–Kier alpha value is -1.44. The Morgan fingerprint density at radius 2 is 1.57 bits per heavy atom. The molecule has 23 heavy (non-hydrogen) atoms. The van der Waals surface area contributed by atoms with E-state index in [1.54, 1.807) is 29.8 Å². The average molecular weight is 314 g/mol. The molecule has 0 unspecified atom stereocenters. The fourth-order valence-electron chi connectivity index (χ4n) is 5.03. The molecule has 0 aromatic heterocycles. The van der Waals surface area contributed by atoms with Crippen LogP contribution in [0.5, 0.6) is 5.75 Å². The van der Waals surface area contributed by atoms with E-state index in [0.29, 0.717) is 5.75 Å². The van der Waals surface area contributed by atoms with Crippen LogP contribution in [-0.2, 0) is 4.74 Å². The van der Waals surface area contributed by atoms with Crippen LogP contribution >= 0.6 is 0 Å². The van der Waals surface area contributed by atoms with Gasteiger partial charge in [0.2, 0.25) is 0 Å². The first-order valence-corrected chi connectivity index (χ1v) is 9.24. The van der Waals surface area contributed by atoms with Gasteiger partial charge in [-0.05, 0) is 86.8 Å². The SMILES string of the molecule is CCCOC(C)=C1C2CC3CC(C2)CC1C3.Oc1ccccc1. The van der Waals surface area contributed by atoms with Crippen molar-refractivity contribution < 1.29 is 9.84 Å². The van der Waals surface area contributed by atoms with Crippen LogP contribution in [0.15, 0.2) is 41.7 Å². The molecule has 0 radical (unpaired) electrons. The highest BCUT2D eigenvalue weighted by Gasteiger charge is 2.46. The second-order valence-corrected chi connectivity index (χ2v) is 7.50. The summed E-state index contributed by atoms with van der Waals surface area (Å²) in [7, 11) is 0. The molecule has 0 amide bonds. The van der Waals surface area contributed by atoms with Crippen molar-refractivity contribution in [3.63, 3.8) is 0 Å². The summed E-state index contributed by atoms with van der Waals surface area (Å²) >= 11 is 0. The zero-order valence-corrected chi connectivity index (χ0v) is 14.5. The lowest BCUT2D eigenvalue weighted by Crippen LogP contribution is -2.40. The van der Waals surface area contributed by atoms with E-state index in [0.717, 1.165) is 36.7 Å². The zero-order chi connectivity index (χ0) is 16.2. The Labute approximate surface area is 140 Å². The van der Waals surface area contributed by atoms with E-state index in [1.165, 1.54) is 37.9 Å². The molecule has 1 aromatic rings. The third kappa shape index (κ3) is 3.91. The molecule has 4 aliphatic carbocycles. The quantitative estimate of drug-likeness (QED) is 0.743. The number of hydrogen-bond acceptors (Lipinski definition) is 2. The molecule has 126 valence electrons. The maximum Gasteiger partial charge on any atom is 0.115 e. The van der Waals surface area contributed by atoms with Crippen LogP contribution in [0.25, 0.3) is 0 Å². The fraction of sp³-hybridized carbons (Fsp3) is 0.619. The summed E-state index contributed by atoms with van der Waals surface area (Å²) < 4.78 is 5.90. The minimum Gasteiger partial charge on any atom is -0.508 e. The molecule has 0 heterocycles. The molecule has 1 N–H and O–H groups in total. The molecule has 5 rings (SSSR count). The Bertz CT molecular complexity index is 502. The summed E-state index contributed by atoms with van der Waals surface area (Å²) in [5.41, 5.74) is 1.72. The maximum absolute atomic E-state index is 8.63. The first kappa shape index (κ1) is 16.4. The predicted molar refractivity (Wildman–Crippen MR) is 94.1 cm³/mol. The largest absolute Gasteiger partial charge is 0.508 e. The van der Waals surface area contributed by atoms with Gasteiger partial charge in [0.05, 0.1) is 12.4 Å². The number of phenols is 1. The van der Waals surface area contributed by atoms with Crippen molar-refractivity contribution in [1.82, 2.24) is 0 Å². The van der Waals surface area contributed by atoms with E-state index in [-0.39, 0.29) is 0 Å². The van der Waals surface area contributed by atoms with Crippen LogP contribution in [-0.4, -0.2) is 11.7 Å². The summed E-state index contributed by atoms with van der Waals surface area (Å²) in [6.07, 6.45) is 8.54. The molecule has 2 heteroatoms. The second-order valence-electron chi connectivity index (χ2n) is 7.50. The van der Waals surface area contributed by atoms with Gasteiger partial charge in [0.1, 0.15) is 5.75 Å². The highest BCUT2D eigenvalue weighted by molar-refractivity contribution is 5.22. The molecule has 4 saturated carbocycles. The third-order valence-corrected chi connectivity index (χ3v) is 5.70. The minimum atomic E-state index is 0.322. The topological polar surface area (TPSA) is 29.5 Å². The van der Waals surface area contributed by atoms with E-state index < -0.39 is 0 Å². The number of benzene rings is 1. The smallest absolute Gasteiger partial charge is 0.115 e. The van der Waals surface area contributed by atoms with E-state index in [4.69, 9.17) is 9.84 Å². The van der Waals surface area contributed by atoms with E-state index in [9.17, 15) is 0 Å². The number of aromatic hydroxyl groups is 1. The van der Waals surface area contributed by atoms with Crippen molar-refractivity contribution in [2.75, 3.05) is 6.61 Å². The van der Waals surface area contributed by atoms with Gasteiger partial charge >= 0.3 is 0 Å². The Morgan fingerprint density at radius 3 is 2.00 bits per heavy atom. The van der Waals surface area contributed by atoms with Crippen molar-refractivity contribution in [3.05, 3.63) is 41.7 Å². The first-order chi connectivity index (χ1) is 11.2. The van der Waals surface area contributed by atoms with Crippen molar-refractivity contribution in [3.8, 4) is 5.75 Å². The number of ether oxygens (including phenoxy) is 1. The number of hydrogen-bond donors (Lipinski definition) is 1. The summed E-state index contributed by atoms with van der Waals surface area (Å²) in [4.78, 5) is 0. The van der Waals surface area contributed by atoms with Crippen LogP contribution in [0.1, 0.15) is 52.4 Å². The number of phenolic OH excluding ortho intramolecular Hbond substituents is 1. The molecule has 4 fully saturated rings. The molecular formula is C21H30O2. The summed E-state index contributed by atoms with van der Waals surface area (Å²) in [6.45, 7) is 5.31. The van der Waals surface area contributed by atoms with Crippen molar-refractivity contribution >= 4 is 0 Å². The molecule has 0 spiro atoms. The fourth-order valence-corrected chi connectivity index (χ4v) is 5.03. The molecule has 1 aromatic carbocycles. The third-order valence-electron chi connectivity index (χ3n) is 5.70. The Balaban J connectivity index is 0.000000188. The lowest BCUT2D eigenvalue weighted by atomic mass is 9.54. The normalized spacial score (nSPS) is 30.6. The summed E-state index contributed by atoms with van der Waals surface area (Å²) in [5.74, 6) is 5.52. The van der Waals surface area contributed by atoms with Crippen LogP contribution in [0.4, 0.5) is 0 Å². The van der Waals surface area contributed by atoms with Crippen LogP contribution in [0.3, 0.4) is 0 Å². The second kappa shape index (κ2) is 7.42. The predicted octanol–water partition coefficient (Wildman–Crippen LogP) is 5.54. The molecular weight excluding hydrogens is 284 g/mol. The van der Waals surface area contributed by atoms with Gasteiger partial charge in [-0.25, -0.2) is 0 Å². The van der Waals surface area contributed by atoms with Gasteiger partial charge in [0.15, 0.2) is 0 Å². The van der Waals surface area contributed by atoms with Crippen molar-refractivity contribution in [1.29, 1.82) is 0 Å². The maximum atomic E-state index is 8.63.